The average Bonchev–Trinajstić information content (AvgIpc) is 2.96. The zero-order chi connectivity index (χ0) is 21.2. The number of aryl methyl sites for hydroxylation is 1. The van der Waals surface area contributed by atoms with Crippen LogP contribution < -0.4 is 9.47 Å². The van der Waals surface area contributed by atoms with E-state index < -0.39 is 5.97 Å². The zero-order valence-corrected chi connectivity index (χ0v) is 17.5. The van der Waals surface area contributed by atoms with Gasteiger partial charge in [0.25, 0.3) is 0 Å². The van der Waals surface area contributed by atoms with Crippen LogP contribution in [0.25, 0.3) is 6.08 Å². The van der Waals surface area contributed by atoms with Crippen molar-refractivity contribution in [3.05, 3.63) is 64.4 Å². The fraction of sp³-hybridized carbons (Fsp3) is 0.333. The molecule has 0 spiro atoms. The molecule has 0 saturated carbocycles. The summed E-state index contributed by atoms with van der Waals surface area (Å²) in [6.45, 7) is 10.1. The molecule has 0 unspecified atom stereocenters. The Kier molecular flexibility index (Phi) is 5.78. The van der Waals surface area contributed by atoms with Crippen molar-refractivity contribution in [2.24, 2.45) is 0 Å². The van der Waals surface area contributed by atoms with E-state index in [2.05, 4.69) is 32.9 Å². The first-order valence-corrected chi connectivity index (χ1v) is 9.67. The Morgan fingerprint density at radius 2 is 1.83 bits per heavy atom. The van der Waals surface area contributed by atoms with Gasteiger partial charge >= 0.3 is 5.97 Å². The van der Waals surface area contributed by atoms with E-state index in [4.69, 9.17) is 14.2 Å². The molecular formula is C24H26O5. The van der Waals surface area contributed by atoms with Crippen LogP contribution in [0.4, 0.5) is 0 Å². The summed E-state index contributed by atoms with van der Waals surface area (Å²) in [5.41, 5.74) is 3.44. The van der Waals surface area contributed by atoms with Gasteiger partial charge in [-0.1, -0.05) is 45.0 Å². The Morgan fingerprint density at radius 1 is 1.14 bits per heavy atom. The van der Waals surface area contributed by atoms with Crippen LogP contribution in [-0.4, -0.2) is 25.0 Å². The van der Waals surface area contributed by atoms with Crippen molar-refractivity contribution in [2.75, 3.05) is 13.2 Å². The maximum atomic E-state index is 12.8. The van der Waals surface area contributed by atoms with E-state index in [-0.39, 0.29) is 23.6 Å². The van der Waals surface area contributed by atoms with Gasteiger partial charge in [0.15, 0.2) is 12.4 Å². The molecule has 152 valence electrons. The lowest BCUT2D eigenvalue weighted by Crippen LogP contribution is -2.14. The number of allylic oxidation sites excluding steroid dienone is 1. The molecule has 0 saturated heterocycles. The number of hydrogen-bond donors (Lipinski definition) is 0. The Morgan fingerprint density at radius 3 is 2.45 bits per heavy atom. The number of rotatable bonds is 5. The minimum absolute atomic E-state index is 0.0681. The molecule has 2 aromatic rings. The molecule has 0 radical (unpaired) electrons. The Hall–Kier alpha value is -3.08. The van der Waals surface area contributed by atoms with Gasteiger partial charge in [-0.3, -0.25) is 4.79 Å². The quantitative estimate of drug-likeness (QED) is 0.536. The second-order valence-corrected chi connectivity index (χ2v) is 8.02. The Balaban J connectivity index is 1.80. The van der Waals surface area contributed by atoms with Gasteiger partial charge in [0, 0.05) is 6.07 Å². The summed E-state index contributed by atoms with van der Waals surface area (Å²) in [7, 11) is 0. The largest absolute Gasteiger partial charge is 0.482 e. The van der Waals surface area contributed by atoms with E-state index in [0.717, 1.165) is 11.1 Å². The molecule has 5 nitrogen and oxygen atoms in total. The first kappa shape index (κ1) is 20.6. The van der Waals surface area contributed by atoms with Crippen molar-refractivity contribution in [2.45, 2.75) is 40.0 Å². The number of hydrogen-bond acceptors (Lipinski definition) is 5. The summed E-state index contributed by atoms with van der Waals surface area (Å²) in [5, 5.41) is 0. The number of benzene rings is 2. The lowest BCUT2D eigenvalue weighted by molar-refractivity contribution is -0.145. The second kappa shape index (κ2) is 8.11. The molecule has 0 aromatic heterocycles. The predicted octanol–water partition coefficient (Wildman–Crippen LogP) is 4.85. The number of carbonyl (C=O) groups excluding carboxylic acids is 2. The van der Waals surface area contributed by atoms with Crippen LogP contribution in [0.15, 0.2) is 42.2 Å². The standard InChI is InChI=1S/C24H26O5/c1-6-27-21(25)14-28-18-11-15(2)22-19(13-18)29-20(23(22)26)12-16-7-9-17(10-8-16)24(3,4)5/h7-13H,6,14H2,1-5H3/b20-12-. The maximum Gasteiger partial charge on any atom is 0.344 e. The lowest BCUT2D eigenvalue weighted by atomic mass is 9.86. The summed E-state index contributed by atoms with van der Waals surface area (Å²) < 4.78 is 16.1. The van der Waals surface area contributed by atoms with Crippen LogP contribution in [0.3, 0.4) is 0 Å². The summed E-state index contributed by atoms with van der Waals surface area (Å²) in [4.78, 5) is 24.3. The van der Waals surface area contributed by atoms with Gasteiger partial charge in [-0.05, 0) is 48.1 Å². The zero-order valence-electron chi connectivity index (χ0n) is 17.5. The number of fused-ring (bicyclic) bond motifs is 1. The van der Waals surface area contributed by atoms with Crippen molar-refractivity contribution < 1.29 is 23.8 Å². The monoisotopic (exact) mass is 394 g/mol. The smallest absolute Gasteiger partial charge is 0.344 e. The lowest BCUT2D eigenvalue weighted by Gasteiger charge is -2.18. The highest BCUT2D eigenvalue weighted by Gasteiger charge is 2.30. The van der Waals surface area contributed by atoms with Crippen molar-refractivity contribution in [3.8, 4) is 11.5 Å². The van der Waals surface area contributed by atoms with Crippen molar-refractivity contribution in [1.82, 2.24) is 0 Å². The molecule has 1 aliphatic rings. The SMILES string of the molecule is CCOC(=O)COc1cc(C)c2c(c1)O/C(=C\c1ccc(C(C)(C)C)cc1)C2=O. The summed E-state index contributed by atoms with van der Waals surface area (Å²) in [6.07, 6.45) is 1.74. The van der Waals surface area contributed by atoms with Gasteiger partial charge in [0.05, 0.1) is 12.2 Å². The van der Waals surface area contributed by atoms with Crippen LogP contribution in [0.2, 0.25) is 0 Å². The van der Waals surface area contributed by atoms with Gasteiger partial charge in [-0.2, -0.15) is 0 Å². The predicted molar refractivity (Wildman–Crippen MR) is 111 cm³/mol. The van der Waals surface area contributed by atoms with Gasteiger partial charge in [-0.25, -0.2) is 4.79 Å². The van der Waals surface area contributed by atoms with Crippen molar-refractivity contribution in [3.63, 3.8) is 0 Å². The number of esters is 1. The van der Waals surface area contributed by atoms with E-state index in [9.17, 15) is 9.59 Å². The number of carbonyl (C=O) groups is 2. The molecule has 2 aromatic carbocycles. The van der Waals surface area contributed by atoms with Crippen molar-refractivity contribution >= 4 is 17.8 Å². The molecule has 0 amide bonds. The summed E-state index contributed by atoms with van der Waals surface area (Å²) >= 11 is 0. The average molecular weight is 394 g/mol. The minimum Gasteiger partial charge on any atom is -0.482 e. The number of ketones is 1. The molecule has 1 heterocycles. The van der Waals surface area contributed by atoms with Crippen molar-refractivity contribution in [1.29, 1.82) is 0 Å². The molecule has 29 heavy (non-hydrogen) atoms. The second-order valence-electron chi connectivity index (χ2n) is 8.02. The first-order chi connectivity index (χ1) is 13.7. The third-order valence-corrected chi connectivity index (χ3v) is 4.68. The van der Waals surface area contributed by atoms with Crippen LogP contribution in [0.5, 0.6) is 11.5 Å². The molecule has 0 bridgehead atoms. The molecular weight excluding hydrogens is 368 g/mol. The molecule has 0 atom stereocenters. The van der Waals surface area contributed by atoms with Crippen LogP contribution >= 0.6 is 0 Å². The third-order valence-electron chi connectivity index (χ3n) is 4.68. The first-order valence-electron chi connectivity index (χ1n) is 9.67. The fourth-order valence-electron chi connectivity index (χ4n) is 3.14. The highest BCUT2D eigenvalue weighted by Crippen LogP contribution is 2.37. The highest BCUT2D eigenvalue weighted by molar-refractivity contribution is 6.15. The van der Waals surface area contributed by atoms with E-state index in [1.807, 2.05) is 19.1 Å². The maximum absolute atomic E-state index is 12.8. The molecule has 3 rings (SSSR count). The van der Waals surface area contributed by atoms with Gasteiger partial charge in [0.2, 0.25) is 5.78 Å². The van der Waals surface area contributed by atoms with E-state index in [1.54, 1.807) is 25.1 Å². The molecule has 1 aliphatic heterocycles. The minimum atomic E-state index is -0.443. The highest BCUT2D eigenvalue weighted by atomic mass is 16.6. The molecule has 5 heteroatoms. The number of ether oxygens (including phenoxy) is 3. The van der Waals surface area contributed by atoms with Gasteiger partial charge in [0.1, 0.15) is 11.5 Å². The third kappa shape index (κ3) is 4.67. The summed E-state index contributed by atoms with van der Waals surface area (Å²) in [6, 6.07) is 11.4. The molecule has 0 N–H and O–H groups in total. The number of Topliss-reactive ketones (excluding diaryl/α,β-unsaturated/α-hetero) is 1. The van der Waals surface area contributed by atoms with E-state index >= 15 is 0 Å². The van der Waals surface area contributed by atoms with E-state index in [0.29, 0.717) is 23.7 Å². The van der Waals surface area contributed by atoms with Crippen LogP contribution in [0.1, 0.15) is 54.7 Å². The fourth-order valence-corrected chi connectivity index (χ4v) is 3.14. The van der Waals surface area contributed by atoms with Gasteiger partial charge < -0.3 is 14.2 Å². The Bertz CT molecular complexity index is 962. The van der Waals surface area contributed by atoms with E-state index in [1.165, 1.54) is 5.56 Å². The summed E-state index contributed by atoms with van der Waals surface area (Å²) in [5.74, 6) is 0.565. The van der Waals surface area contributed by atoms with Gasteiger partial charge in [-0.15, -0.1) is 0 Å². The topological polar surface area (TPSA) is 61.8 Å². The van der Waals surface area contributed by atoms with Crippen LogP contribution in [0, 0.1) is 6.92 Å². The molecule has 0 fully saturated rings. The van der Waals surface area contributed by atoms with Crippen LogP contribution in [-0.2, 0) is 14.9 Å². The molecule has 0 aliphatic carbocycles. The normalized spacial score (nSPS) is 14.5. The Labute approximate surface area is 171 Å².